The lowest BCUT2D eigenvalue weighted by molar-refractivity contribution is 0.0704. The van der Waals surface area contributed by atoms with Gasteiger partial charge in [0.25, 0.3) is 0 Å². The van der Waals surface area contributed by atoms with Gasteiger partial charge in [-0.1, -0.05) is 6.92 Å². The van der Waals surface area contributed by atoms with Crippen molar-refractivity contribution in [3.8, 4) is 5.75 Å². The van der Waals surface area contributed by atoms with Crippen molar-refractivity contribution < 1.29 is 18.3 Å². The van der Waals surface area contributed by atoms with Crippen molar-refractivity contribution in [1.82, 2.24) is 0 Å². The monoisotopic (exact) mass is 257 g/mol. The summed E-state index contributed by atoms with van der Waals surface area (Å²) in [4.78, 5) is 0. The molecule has 1 aromatic carbocycles. The van der Waals surface area contributed by atoms with E-state index in [0.29, 0.717) is 6.61 Å². The molecule has 1 heterocycles. The molecule has 3 nitrogen and oxygen atoms in total. The van der Waals surface area contributed by atoms with E-state index in [2.05, 4.69) is 0 Å². The maximum Gasteiger partial charge on any atom is 0.134 e. The van der Waals surface area contributed by atoms with Gasteiger partial charge in [0.2, 0.25) is 0 Å². The standard InChI is InChI=1S/C13H17F2NO2/c1-7-3-4-18-13(7)12(16)11-9(14)5-8(17-2)6-10(11)15/h5-7,12-13H,3-4,16H2,1-2H3. The van der Waals surface area contributed by atoms with Gasteiger partial charge in [-0.2, -0.15) is 0 Å². The Bertz CT molecular complexity index is 416. The van der Waals surface area contributed by atoms with E-state index in [4.69, 9.17) is 15.2 Å². The Morgan fingerprint density at radius 3 is 2.44 bits per heavy atom. The van der Waals surface area contributed by atoms with Crippen LogP contribution in [0.15, 0.2) is 12.1 Å². The first kappa shape index (κ1) is 13.2. The largest absolute Gasteiger partial charge is 0.497 e. The number of rotatable bonds is 3. The minimum absolute atomic E-state index is 0.130. The molecular formula is C13H17F2NO2. The fourth-order valence-corrected chi connectivity index (χ4v) is 2.34. The molecule has 0 radical (unpaired) electrons. The van der Waals surface area contributed by atoms with Crippen LogP contribution in [0.3, 0.4) is 0 Å². The van der Waals surface area contributed by atoms with Crippen LogP contribution < -0.4 is 10.5 Å². The number of hydrogen-bond acceptors (Lipinski definition) is 3. The number of ether oxygens (including phenoxy) is 2. The molecule has 3 atom stereocenters. The van der Waals surface area contributed by atoms with Crippen LogP contribution in [-0.2, 0) is 4.74 Å². The molecule has 0 spiro atoms. The zero-order valence-corrected chi connectivity index (χ0v) is 10.5. The number of halogens is 2. The summed E-state index contributed by atoms with van der Waals surface area (Å²) < 4.78 is 38.0. The van der Waals surface area contributed by atoms with E-state index in [9.17, 15) is 8.78 Å². The van der Waals surface area contributed by atoms with Crippen molar-refractivity contribution in [2.45, 2.75) is 25.5 Å². The predicted molar refractivity (Wildman–Crippen MR) is 63.4 cm³/mol. The number of nitrogens with two attached hydrogens (primary N) is 1. The van der Waals surface area contributed by atoms with Gasteiger partial charge in [0.05, 0.1) is 19.3 Å². The highest BCUT2D eigenvalue weighted by Gasteiger charge is 2.33. The maximum absolute atomic E-state index is 13.9. The highest BCUT2D eigenvalue weighted by molar-refractivity contribution is 5.33. The Morgan fingerprint density at radius 2 is 2.00 bits per heavy atom. The Labute approximate surface area is 105 Å². The summed E-state index contributed by atoms with van der Waals surface area (Å²) in [5.74, 6) is -1.05. The third-order valence-electron chi connectivity index (χ3n) is 3.42. The summed E-state index contributed by atoms with van der Waals surface area (Å²) >= 11 is 0. The fraction of sp³-hybridized carbons (Fsp3) is 0.538. The lowest BCUT2D eigenvalue weighted by Gasteiger charge is -2.23. The summed E-state index contributed by atoms with van der Waals surface area (Å²) in [5.41, 5.74) is 5.81. The topological polar surface area (TPSA) is 44.5 Å². The average molecular weight is 257 g/mol. The lowest BCUT2D eigenvalue weighted by atomic mass is 9.92. The van der Waals surface area contributed by atoms with Gasteiger partial charge >= 0.3 is 0 Å². The lowest BCUT2D eigenvalue weighted by Crippen LogP contribution is -2.31. The minimum Gasteiger partial charge on any atom is -0.497 e. The summed E-state index contributed by atoms with van der Waals surface area (Å²) in [5, 5.41) is 0. The van der Waals surface area contributed by atoms with Gasteiger partial charge in [0.1, 0.15) is 17.4 Å². The summed E-state index contributed by atoms with van der Waals surface area (Å²) in [6.45, 7) is 2.55. The molecule has 5 heteroatoms. The van der Waals surface area contributed by atoms with E-state index in [1.807, 2.05) is 6.92 Å². The third kappa shape index (κ3) is 2.33. The molecule has 1 aliphatic heterocycles. The van der Waals surface area contributed by atoms with Crippen molar-refractivity contribution >= 4 is 0 Å². The van der Waals surface area contributed by atoms with Crippen LogP contribution in [0.5, 0.6) is 5.75 Å². The van der Waals surface area contributed by atoms with Crippen molar-refractivity contribution in [1.29, 1.82) is 0 Å². The fourth-order valence-electron chi connectivity index (χ4n) is 2.34. The van der Waals surface area contributed by atoms with Crippen molar-refractivity contribution in [3.63, 3.8) is 0 Å². The Balaban J connectivity index is 2.32. The smallest absolute Gasteiger partial charge is 0.134 e. The first-order valence-electron chi connectivity index (χ1n) is 5.94. The van der Waals surface area contributed by atoms with Crippen LogP contribution in [0.2, 0.25) is 0 Å². The molecule has 0 bridgehead atoms. The minimum atomic E-state index is -0.798. The summed E-state index contributed by atoms with van der Waals surface area (Å²) in [6, 6.07) is 1.48. The van der Waals surface area contributed by atoms with Gasteiger partial charge in [-0.15, -0.1) is 0 Å². The van der Waals surface area contributed by atoms with Crippen LogP contribution in [0.1, 0.15) is 24.9 Å². The molecular weight excluding hydrogens is 240 g/mol. The SMILES string of the molecule is COc1cc(F)c(C(N)C2OCCC2C)c(F)c1. The maximum atomic E-state index is 13.9. The molecule has 2 N–H and O–H groups in total. The van der Waals surface area contributed by atoms with E-state index in [0.717, 1.165) is 18.6 Å². The second kappa shape index (κ2) is 5.20. The molecule has 100 valence electrons. The van der Waals surface area contributed by atoms with Gasteiger partial charge < -0.3 is 15.2 Å². The molecule has 2 rings (SSSR count). The summed E-state index contributed by atoms with van der Waals surface area (Å²) in [6.07, 6.45) is 0.514. The van der Waals surface area contributed by atoms with Crippen LogP contribution in [0.25, 0.3) is 0 Å². The molecule has 0 aliphatic carbocycles. The summed E-state index contributed by atoms with van der Waals surface area (Å²) in [7, 11) is 1.36. The Morgan fingerprint density at radius 1 is 1.39 bits per heavy atom. The second-order valence-electron chi connectivity index (χ2n) is 4.63. The number of hydrogen-bond donors (Lipinski definition) is 1. The van der Waals surface area contributed by atoms with Crippen LogP contribution >= 0.6 is 0 Å². The molecule has 3 unspecified atom stereocenters. The van der Waals surface area contributed by atoms with Gasteiger partial charge in [0.15, 0.2) is 0 Å². The van der Waals surface area contributed by atoms with E-state index in [-0.39, 0.29) is 23.3 Å². The van der Waals surface area contributed by atoms with Crippen molar-refractivity contribution in [2.75, 3.05) is 13.7 Å². The van der Waals surface area contributed by atoms with Gasteiger partial charge in [-0.25, -0.2) is 8.78 Å². The average Bonchev–Trinajstić information content (AvgIpc) is 2.74. The highest BCUT2D eigenvalue weighted by atomic mass is 19.1. The number of benzene rings is 1. The number of methoxy groups -OCH3 is 1. The predicted octanol–water partition coefficient (Wildman–Crippen LogP) is 2.40. The van der Waals surface area contributed by atoms with Crippen LogP contribution in [-0.4, -0.2) is 19.8 Å². The van der Waals surface area contributed by atoms with Crippen LogP contribution in [0.4, 0.5) is 8.78 Å². The molecule has 1 aliphatic rings. The normalized spacial score (nSPS) is 25.2. The van der Waals surface area contributed by atoms with E-state index in [1.54, 1.807) is 0 Å². The van der Waals surface area contributed by atoms with Crippen molar-refractivity contribution in [3.05, 3.63) is 29.3 Å². The van der Waals surface area contributed by atoms with Crippen molar-refractivity contribution in [2.24, 2.45) is 11.7 Å². The third-order valence-corrected chi connectivity index (χ3v) is 3.42. The first-order chi connectivity index (χ1) is 8.54. The first-order valence-corrected chi connectivity index (χ1v) is 5.94. The Hall–Kier alpha value is -1.20. The van der Waals surface area contributed by atoms with Gasteiger partial charge in [-0.05, 0) is 12.3 Å². The van der Waals surface area contributed by atoms with E-state index in [1.165, 1.54) is 7.11 Å². The van der Waals surface area contributed by atoms with Crippen LogP contribution in [0, 0.1) is 17.6 Å². The Kier molecular flexibility index (Phi) is 3.82. The zero-order chi connectivity index (χ0) is 13.3. The van der Waals surface area contributed by atoms with Gasteiger partial charge in [-0.3, -0.25) is 0 Å². The van der Waals surface area contributed by atoms with E-state index < -0.39 is 17.7 Å². The zero-order valence-electron chi connectivity index (χ0n) is 10.5. The van der Waals surface area contributed by atoms with E-state index >= 15 is 0 Å². The molecule has 18 heavy (non-hydrogen) atoms. The highest BCUT2D eigenvalue weighted by Crippen LogP contribution is 2.33. The molecule has 1 saturated heterocycles. The molecule has 1 fully saturated rings. The van der Waals surface area contributed by atoms with Gasteiger partial charge in [0, 0.05) is 24.3 Å². The molecule has 0 aromatic heterocycles. The second-order valence-corrected chi connectivity index (χ2v) is 4.63. The molecule has 0 amide bonds. The molecule has 1 aromatic rings. The molecule has 0 saturated carbocycles. The quantitative estimate of drug-likeness (QED) is 0.904.